The number of alkyl carbamates (subject to hydrolysis) is 1. The van der Waals surface area contributed by atoms with E-state index in [0.717, 1.165) is 22.3 Å². The van der Waals surface area contributed by atoms with Gasteiger partial charge in [0.1, 0.15) is 11.4 Å². The molecule has 2 aliphatic rings. The molecule has 12 nitrogen and oxygen atoms in total. The summed E-state index contributed by atoms with van der Waals surface area (Å²) in [6, 6.07) is 8.82. The first kappa shape index (κ1) is 32.9. The van der Waals surface area contributed by atoms with Crippen LogP contribution in [0.15, 0.2) is 53.7 Å². The van der Waals surface area contributed by atoms with Crippen LogP contribution >= 0.6 is 0 Å². The fourth-order valence-electron chi connectivity index (χ4n) is 4.62. The first-order valence-corrected chi connectivity index (χ1v) is 14.9. The van der Waals surface area contributed by atoms with Crippen molar-refractivity contribution in [2.24, 2.45) is 4.99 Å². The number of fused-ring (bicyclic) bond motifs is 1. The lowest BCUT2D eigenvalue weighted by molar-refractivity contribution is -0.125. The van der Waals surface area contributed by atoms with Crippen molar-refractivity contribution in [2.45, 2.75) is 71.9 Å². The maximum Gasteiger partial charge on any atom is 0.414 e. The van der Waals surface area contributed by atoms with Gasteiger partial charge >= 0.3 is 12.1 Å². The van der Waals surface area contributed by atoms with E-state index >= 15 is 0 Å². The molecule has 1 aromatic heterocycles. The highest BCUT2D eigenvalue weighted by molar-refractivity contribution is 6.03. The highest BCUT2D eigenvalue weighted by Crippen LogP contribution is 2.25. The largest absolute Gasteiger partial charge is 0.444 e. The van der Waals surface area contributed by atoms with Gasteiger partial charge < -0.3 is 20.3 Å². The topological polar surface area (TPSA) is 154 Å². The quantitative estimate of drug-likeness (QED) is 0.218. The summed E-state index contributed by atoms with van der Waals surface area (Å²) in [4.78, 5) is 59.8. The predicted molar refractivity (Wildman–Crippen MR) is 174 cm³/mol. The van der Waals surface area contributed by atoms with E-state index in [9.17, 15) is 19.2 Å². The van der Waals surface area contributed by atoms with Crippen LogP contribution in [-0.2, 0) is 20.7 Å². The number of nitrogens with zero attached hydrogens (tertiary/aromatic N) is 3. The number of guanidine groups is 1. The van der Waals surface area contributed by atoms with Gasteiger partial charge in [-0.15, -0.1) is 0 Å². The number of benzene rings is 1. The monoisotopic (exact) mass is 615 g/mol. The highest BCUT2D eigenvalue weighted by atomic mass is 16.6. The number of aliphatic imine (C=N–C) groups is 1. The van der Waals surface area contributed by atoms with Crippen molar-refractivity contribution < 1.29 is 23.9 Å². The molecule has 5 amide bonds. The third-order valence-corrected chi connectivity index (χ3v) is 6.62. The van der Waals surface area contributed by atoms with E-state index in [1.54, 1.807) is 56.2 Å². The number of hydrogen-bond donors (Lipinski definition) is 4. The Kier molecular flexibility index (Phi) is 10.1. The SMILES string of the molecule is CC(C)(C)NC(=O)NC(=Nc1ccc(C2=CCN(C(=O)/C=C/c3cnc4c(c3)CCC(=O)N4)CC2)cc1)NC(=O)OC(C)(C)C. The summed E-state index contributed by atoms with van der Waals surface area (Å²) in [6.07, 6.45) is 7.97. The summed E-state index contributed by atoms with van der Waals surface area (Å²) in [5.74, 6) is 0.387. The lowest BCUT2D eigenvalue weighted by Crippen LogP contribution is -2.52. The third-order valence-electron chi connectivity index (χ3n) is 6.62. The molecule has 0 saturated carbocycles. The van der Waals surface area contributed by atoms with Gasteiger partial charge in [0.2, 0.25) is 17.8 Å². The molecule has 4 rings (SSSR count). The van der Waals surface area contributed by atoms with Gasteiger partial charge in [-0.05, 0) is 101 Å². The first-order chi connectivity index (χ1) is 21.1. The molecule has 3 heterocycles. The van der Waals surface area contributed by atoms with Crippen LogP contribution in [0.25, 0.3) is 11.6 Å². The molecule has 0 bridgehead atoms. The Morgan fingerprint density at radius 3 is 2.40 bits per heavy atom. The number of urea groups is 1. The van der Waals surface area contributed by atoms with Gasteiger partial charge in [-0.25, -0.2) is 19.6 Å². The highest BCUT2D eigenvalue weighted by Gasteiger charge is 2.21. The fourth-order valence-corrected chi connectivity index (χ4v) is 4.62. The zero-order valence-electron chi connectivity index (χ0n) is 26.6. The van der Waals surface area contributed by atoms with Crippen LogP contribution in [0.5, 0.6) is 0 Å². The Labute approximate surface area is 263 Å². The van der Waals surface area contributed by atoms with Gasteiger partial charge in [-0.3, -0.25) is 20.2 Å². The second-order valence-electron chi connectivity index (χ2n) is 12.9. The van der Waals surface area contributed by atoms with E-state index in [1.807, 2.05) is 45.0 Å². The van der Waals surface area contributed by atoms with Crippen LogP contribution in [0.4, 0.5) is 21.1 Å². The molecule has 2 aromatic rings. The van der Waals surface area contributed by atoms with E-state index in [1.165, 1.54) is 0 Å². The number of rotatable bonds is 4. The molecule has 0 aliphatic carbocycles. The minimum Gasteiger partial charge on any atom is -0.444 e. The second kappa shape index (κ2) is 13.7. The van der Waals surface area contributed by atoms with E-state index < -0.39 is 23.3 Å². The van der Waals surface area contributed by atoms with E-state index in [-0.39, 0.29) is 17.8 Å². The number of amides is 5. The summed E-state index contributed by atoms with van der Waals surface area (Å²) in [7, 11) is 0. The fraction of sp³-hybridized carbons (Fsp3) is 0.394. The number of nitrogens with one attached hydrogen (secondary N) is 4. The van der Waals surface area contributed by atoms with Gasteiger partial charge in [0.15, 0.2) is 0 Å². The number of ether oxygens (including phenoxy) is 1. The molecule has 45 heavy (non-hydrogen) atoms. The van der Waals surface area contributed by atoms with Crippen molar-refractivity contribution in [3.63, 3.8) is 0 Å². The summed E-state index contributed by atoms with van der Waals surface area (Å²) in [5, 5.41) is 10.6. The van der Waals surface area contributed by atoms with Crippen molar-refractivity contribution in [1.82, 2.24) is 25.8 Å². The molecule has 0 saturated heterocycles. The average molecular weight is 616 g/mol. The third kappa shape index (κ3) is 10.3. The molecule has 12 heteroatoms. The normalized spacial score (nSPS) is 15.5. The second-order valence-corrected chi connectivity index (χ2v) is 12.9. The number of hydrogen-bond acceptors (Lipinski definition) is 7. The van der Waals surface area contributed by atoms with Gasteiger partial charge in [-0.2, -0.15) is 0 Å². The number of aromatic nitrogens is 1. The van der Waals surface area contributed by atoms with Crippen molar-refractivity contribution in [2.75, 3.05) is 18.4 Å². The zero-order valence-corrected chi connectivity index (χ0v) is 26.6. The summed E-state index contributed by atoms with van der Waals surface area (Å²) in [6.45, 7) is 11.8. The number of anilines is 1. The lowest BCUT2D eigenvalue weighted by atomic mass is 9.99. The van der Waals surface area contributed by atoms with E-state index in [0.29, 0.717) is 43.9 Å². The van der Waals surface area contributed by atoms with Crippen LogP contribution < -0.4 is 21.3 Å². The maximum absolute atomic E-state index is 12.8. The predicted octanol–water partition coefficient (Wildman–Crippen LogP) is 4.91. The Bertz CT molecular complexity index is 1510. The van der Waals surface area contributed by atoms with E-state index in [4.69, 9.17) is 4.74 Å². The van der Waals surface area contributed by atoms with Gasteiger partial charge in [-0.1, -0.05) is 18.2 Å². The Hall–Kier alpha value is -5.00. The van der Waals surface area contributed by atoms with Crippen LogP contribution in [0, 0.1) is 0 Å². The Balaban J connectivity index is 1.38. The first-order valence-electron chi connectivity index (χ1n) is 14.9. The van der Waals surface area contributed by atoms with Crippen molar-refractivity contribution in [1.29, 1.82) is 0 Å². The number of pyridine rings is 1. The molecule has 0 radical (unpaired) electrons. The van der Waals surface area contributed by atoms with Crippen LogP contribution in [0.1, 0.15) is 71.1 Å². The molecule has 2 aliphatic heterocycles. The maximum atomic E-state index is 12.8. The zero-order chi connectivity index (χ0) is 32.8. The minimum absolute atomic E-state index is 0.0352. The van der Waals surface area contributed by atoms with Gasteiger partial charge in [0.05, 0.1) is 5.69 Å². The summed E-state index contributed by atoms with van der Waals surface area (Å²) < 4.78 is 5.32. The van der Waals surface area contributed by atoms with E-state index in [2.05, 4.69) is 31.2 Å². The lowest BCUT2D eigenvalue weighted by Gasteiger charge is -2.25. The minimum atomic E-state index is -0.746. The summed E-state index contributed by atoms with van der Waals surface area (Å²) in [5.41, 5.74) is 3.16. The number of carbonyl (C=O) groups excluding carboxylic acids is 4. The van der Waals surface area contributed by atoms with Gasteiger partial charge in [0, 0.05) is 37.3 Å². The number of carbonyl (C=O) groups is 4. The molecule has 4 N–H and O–H groups in total. The Morgan fingerprint density at radius 1 is 1.02 bits per heavy atom. The van der Waals surface area contributed by atoms with Crippen LogP contribution in [0.3, 0.4) is 0 Å². The molecule has 0 spiro atoms. The number of aryl methyl sites for hydroxylation is 1. The van der Waals surface area contributed by atoms with Crippen molar-refractivity contribution >= 4 is 53.1 Å². The van der Waals surface area contributed by atoms with Crippen LogP contribution in [0.2, 0.25) is 0 Å². The average Bonchev–Trinajstić information content (AvgIpc) is 2.94. The molecule has 0 atom stereocenters. The Morgan fingerprint density at radius 2 is 1.76 bits per heavy atom. The molecule has 1 aromatic carbocycles. The van der Waals surface area contributed by atoms with Gasteiger partial charge in [0.25, 0.3) is 0 Å². The van der Waals surface area contributed by atoms with Crippen molar-refractivity contribution in [3.05, 3.63) is 65.4 Å². The molecule has 0 unspecified atom stereocenters. The summed E-state index contributed by atoms with van der Waals surface area (Å²) >= 11 is 0. The standard InChI is InChI=1S/C33H41N7O5/c1-32(2,3)39-30(43)37-29(38-31(44)45-33(4,5)6)35-25-11-8-22(9-12-25)23-15-17-40(18-16-23)27(42)14-7-21-19-24-10-13-26(41)36-28(24)34-20-21/h7-9,11-12,14-15,19-20H,10,13,16-18H2,1-6H3,(H,34,36,41)(H3,35,37,38,39,43,44)/b14-7+. The molecular formula is C33H41N7O5. The molecule has 0 fully saturated rings. The molecular weight excluding hydrogens is 574 g/mol. The van der Waals surface area contributed by atoms with Crippen LogP contribution in [-0.4, -0.2) is 64.0 Å². The molecule has 238 valence electrons. The smallest absolute Gasteiger partial charge is 0.414 e. The van der Waals surface area contributed by atoms with Crippen molar-refractivity contribution in [3.8, 4) is 0 Å².